The molecule has 1 rings (SSSR count). The molecule has 0 heterocycles. The molecule has 0 saturated carbocycles. The van der Waals surface area contributed by atoms with Crippen molar-refractivity contribution < 1.29 is 9.59 Å². The van der Waals surface area contributed by atoms with Crippen molar-refractivity contribution in [2.45, 2.75) is 32.9 Å². The van der Waals surface area contributed by atoms with Gasteiger partial charge in [-0.15, -0.1) is 0 Å². The first-order valence-electron chi connectivity index (χ1n) is 7.14. The predicted octanol–water partition coefficient (Wildman–Crippen LogP) is 1.38. The number of benzene rings is 1. The average molecular weight is 291 g/mol. The van der Waals surface area contributed by atoms with Crippen molar-refractivity contribution in [2.24, 2.45) is 11.7 Å². The predicted molar refractivity (Wildman–Crippen MR) is 83.7 cm³/mol. The second kappa shape index (κ2) is 7.78. The minimum absolute atomic E-state index is 0.0646. The third-order valence-corrected chi connectivity index (χ3v) is 3.21. The Bertz CT molecular complexity index is 498. The van der Waals surface area contributed by atoms with E-state index in [0.29, 0.717) is 18.0 Å². The number of amides is 2. The molecular formula is C16H25N3O2. The van der Waals surface area contributed by atoms with Crippen LogP contribution in [0.1, 0.15) is 36.2 Å². The minimum Gasteiger partial charge on any atom is -0.366 e. The fraction of sp³-hybridized carbons (Fsp3) is 0.500. The van der Waals surface area contributed by atoms with Gasteiger partial charge in [0.2, 0.25) is 11.8 Å². The molecule has 21 heavy (non-hydrogen) atoms. The van der Waals surface area contributed by atoms with Crippen LogP contribution in [0.25, 0.3) is 0 Å². The number of primary amides is 1. The molecule has 2 amide bonds. The number of rotatable bonds is 7. The van der Waals surface area contributed by atoms with Gasteiger partial charge in [0.1, 0.15) is 0 Å². The molecule has 1 unspecified atom stereocenters. The van der Waals surface area contributed by atoms with Gasteiger partial charge in [-0.1, -0.05) is 26.0 Å². The van der Waals surface area contributed by atoms with E-state index in [1.54, 1.807) is 37.2 Å². The molecule has 0 aliphatic carbocycles. The van der Waals surface area contributed by atoms with Crippen molar-refractivity contribution in [3.05, 3.63) is 35.4 Å². The van der Waals surface area contributed by atoms with Gasteiger partial charge in [-0.3, -0.25) is 9.59 Å². The highest BCUT2D eigenvalue weighted by Gasteiger charge is 2.20. The van der Waals surface area contributed by atoms with Gasteiger partial charge >= 0.3 is 0 Å². The van der Waals surface area contributed by atoms with E-state index in [-0.39, 0.29) is 11.9 Å². The van der Waals surface area contributed by atoms with Gasteiger partial charge in [-0.2, -0.15) is 0 Å². The lowest BCUT2D eigenvalue weighted by Gasteiger charge is -2.23. The van der Waals surface area contributed by atoms with E-state index in [1.165, 1.54) is 0 Å². The number of nitrogens with two attached hydrogens (primary N) is 1. The normalized spacial score (nSPS) is 12.2. The smallest absolute Gasteiger partial charge is 0.248 e. The topological polar surface area (TPSA) is 75.4 Å². The largest absolute Gasteiger partial charge is 0.366 e. The molecule has 0 aromatic heterocycles. The van der Waals surface area contributed by atoms with Crippen LogP contribution in [0.15, 0.2) is 24.3 Å². The van der Waals surface area contributed by atoms with Crippen LogP contribution in [0.2, 0.25) is 0 Å². The number of likely N-dealkylation sites (N-methyl/N-ethyl adjacent to an activating group) is 1. The van der Waals surface area contributed by atoms with E-state index >= 15 is 0 Å². The summed E-state index contributed by atoms with van der Waals surface area (Å²) in [7, 11) is 3.51. The van der Waals surface area contributed by atoms with Crippen LogP contribution < -0.4 is 11.1 Å². The fourth-order valence-corrected chi connectivity index (χ4v) is 2.13. The van der Waals surface area contributed by atoms with Crippen LogP contribution in [0.4, 0.5) is 0 Å². The molecule has 0 radical (unpaired) electrons. The van der Waals surface area contributed by atoms with Gasteiger partial charge in [-0.05, 0) is 30.0 Å². The summed E-state index contributed by atoms with van der Waals surface area (Å²) < 4.78 is 0. The minimum atomic E-state index is -0.444. The van der Waals surface area contributed by atoms with Crippen molar-refractivity contribution in [2.75, 3.05) is 14.1 Å². The van der Waals surface area contributed by atoms with Gasteiger partial charge < -0.3 is 16.0 Å². The van der Waals surface area contributed by atoms with Crippen molar-refractivity contribution in [3.63, 3.8) is 0 Å². The molecule has 0 aliphatic rings. The average Bonchev–Trinajstić information content (AvgIpc) is 2.42. The molecule has 1 atom stereocenters. The molecule has 0 bridgehead atoms. The highest BCUT2D eigenvalue weighted by atomic mass is 16.2. The maximum atomic E-state index is 12.2. The second-order valence-electron chi connectivity index (χ2n) is 5.86. The SMILES string of the molecule is CC(C)CC(NCc1cccc(C(N)=O)c1)C(=O)N(C)C. The first kappa shape index (κ1) is 17.2. The molecule has 1 aromatic rings. The Kier molecular flexibility index (Phi) is 6.37. The number of nitrogens with one attached hydrogen (secondary N) is 1. The van der Waals surface area contributed by atoms with Crippen LogP contribution in [0.3, 0.4) is 0 Å². The van der Waals surface area contributed by atoms with Crippen molar-refractivity contribution in [3.8, 4) is 0 Å². The third kappa shape index (κ3) is 5.55. The fourth-order valence-electron chi connectivity index (χ4n) is 2.13. The highest BCUT2D eigenvalue weighted by Crippen LogP contribution is 2.09. The summed E-state index contributed by atoms with van der Waals surface area (Å²) in [5, 5.41) is 3.27. The zero-order valence-electron chi connectivity index (χ0n) is 13.2. The maximum absolute atomic E-state index is 12.2. The second-order valence-corrected chi connectivity index (χ2v) is 5.86. The zero-order chi connectivity index (χ0) is 16.0. The van der Waals surface area contributed by atoms with E-state index in [2.05, 4.69) is 19.2 Å². The molecule has 0 fully saturated rings. The monoisotopic (exact) mass is 291 g/mol. The van der Waals surface area contributed by atoms with E-state index in [0.717, 1.165) is 12.0 Å². The van der Waals surface area contributed by atoms with Crippen molar-refractivity contribution in [1.82, 2.24) is 10.2 Å². The van der Waals surface area contributed by atoms with Crippen LogP contribution in [-0.2, 0) is 11.3 Å². The Morgan fingerprint density at radius 3 is 2.48 bits per heavy atom. The summed E-state index contributed by atoms with van der Waals surface area (Å²) in [6.45, 7) is 4.70. The van der Waals surface area contributed by atoms with Crippen molar-refractivity contribution in [1.29, 1.82) is 0 Å². The number of carbonyl (C=O) groups excluding carboxylic acids is 2. The Morgan fingerprint density at radius 2 is 1.95 bits per heavy atom. The summed E-state index contributed by atoms with van der Waals surface area (Å²) in [4.78, 5) is 24.9. The lowest BCUT2D eigenvalue weighted by molar-refractivity contribution is -0.131. The van der Waals surface area contributed by atoms with Crippen molar-refractivity contribution >= 4 is 11.8 Å². The highest BCUT2D eigenvalue weighted by molar-refractivity contribution is 5.92. The van der Waals surface area contributed by atoms with Crippen LogP contribution in [0.5, 0.6) is 0 Å². The van der Waals surface area contributed by atoms with E-state index in [1.807, 2.05) is 6.07 Å². The van der Waals surface area contributed by atoms with Gasteiger partial charge in [0.25, 0.3) is 0 Å². The van der Waals surface area contributed by atoms with Crippen LogP contribution in [0, 0.1) is 5.92 Å². The molecule has 0 aliphatic heterocycles. The van der Waals surface area contributed by atoms with Gasteiger partial charge in [0, 0.05) is 26.2 Å². The van der Waals surface area contributed by atoms with Crippen LogP contribution >= 0.6 is 0 Å². The Balaban J connectivity index is 2.74. The van der Waals surface area contributed by atoms with Gasteiger partial charge in [-0.25, -0.2) is 0 Å². The number of carbonyl (C=O) groups is 2. The number of hydrogen-bond donors (Lipinski definition) is 2. The van der Waals surface area contributed by atoms with E-state index < -0.39 is 5.91 Å². The van der Waals surface area contributed by atoms with Crippen LogP contribution in [-0.4, -0.2) is 36.9 Å². The molecule has 5 nitrogen and oxygen atoms in total. The molecule has 0 saturated heterocycles. The maximum Gasteiger partial charge on any atom is 0.248 e. The van der Waals surface area contributed by atoms with Gasteiger partial charge in [0.15, 0.2) is 0 Å². The lowest BCUT2D eigenvalue weighted by atomic mass is 10.0. The van der Waals surface area contributed by atoms with Gasteiger partial charge in [0.05, 0.1) is 6.04 Å². The molecule has 116 valence electrons. The number of nitrogens with zero attached hydrogens (tertiary/aromatic N) is 1. The summed E-state index contributed by atoms with van der Waals surface area (Å²) in [5.74, 6) is 0.0399. The molecule has 3 N–H and O–H groups in total. The molecule has 1 aromatic carbocycles. The summed E-state index contributed by atoms with van der Waals surface area (Å²) >= 11 is 0. The summed E-state index contributed by atoms with van der Waals surface area (Å²) in [6.07, 6.45) is 0.770. The first-order valence-corrected chi connectivity index (χ1v) is 7.14. The van der Waals surface area contributed by atoms with E-state index in [4.69, 9.17) is 5.73 Å². The molecular weight excluding hydrogens is 266 g/mol. The summed E-state index contributed by atoms with van der Waals surface area (Å²) in [6, 6.07) is 6.91. The quantitative estimate of drug-likeness (QED) is 0.797. The Hall–Kier alpha value is -1.88. The number of hydrogen-bond acceptors (Lipinski definition) is 3. The zero-order valence-corrected chi connectivity index (χ0v) is 13.2. The third-order valence-electron chi connectivity index (χ3n) is 3.21. The first-order chi connectivity index (χ1) is 9.81. The Labute approximate surface area is 126 Å². The molecule has 0 spiro atoms. The Morgan fingerprint density at radius 1 is 1.29 bits per heavy atom. The standard InChI is InChI=1S/C16H25N3O2/c1-11(2)8-14(16(21)19(3)4)18-10-12-6-5-7-13(9-12)15(17)20/h5-7,9,11,14,18H,8,10H2,1-4H3,(H2,17,20). The lowest BCUT2D eigenvalue weighted by Crippen LogP contribution is -2.44. The van der Waals surface area contributed by atoms with E-state index in [9.17, 15) is 9.59 Å². The summed E-state index contributed by atoms with van der Waals surface area (Å²) in [5.41, 5.74) is 6.69. The molecule has 5 heteroatoms.